The lowest BCUT2D eigenvalue weighted by atomic mass is 10.1. The summed E-state index contributed by atoms with van der Waals surface area (Å²) in [5, 5.41) is 11.6. The predicted molar refractivity (Wildman–Crippen MR) is 80.9 cm³/mol. The number of rotatable bonds is 5. The van der Waals surface area contributed by atoms with E-state index in [1.165, 1.54) is 26.4 Å². The first-order valence-corrected chi connectivity index (χ1v) is 6.42. The van der Waals surface area contributed by atoms with Gasteiger partial charge in [0, 0.05) is 11.8 Å². The maximum absolute atomic E-state index is 12.3. The van der Waals surface area contributed by atoms with Gasteiger partial charge in [0.15, 0.2) is 0 Å². The van der Waals surface area contributed by atoms with Gasteiger partial charge >= 0.3 is 5.97 Å². The van der Waals surface area contributed by atoms with Crippen LogP contribution in [0.2, 0.25) is 0 Å². The van der Waals surface area contributed by atoms with Gasteiger partial charge in [-0.05, 0) is 30.3 Å². The molecule has 114 valence electrons. The molecule has 2 aromatic rings. The van der Waals surface area contributed by atoms with E-state index < -0.39 is 11.9 Å². The van der Waals surface area contributed by atoms with E-state index >= 15 is 0 Å². The first-order valence-electron chi connectivity index (χ1n) is 6.42. The summed E-state index contributed by atoms with van der Waals surface area (Å²) in [5.41, 5.74) is 0.811. The van der Waals surface area contributed by atoms with Gasteiger partial charge in [0.1, 0.15) is 11.5 Å². The molecule has 2 N–H and O–H groups in total. The molecule has 0 radical (unpaired) electrons. The number of methoxy groups -OCH3 is 2. The summed E-state index contributed by atoms with van der Waals surface area (Å²) < 4.78 is 10.2. The number of nitrogens with one attached hydrogen (secondary N) is 1. The third-order valence-corrected chi connectivity index (χ3v) is 3.02. The highest BCUT2D eigenvalue weighted by molar-refractivity contribution is 6.06. The second-order valence-corrected chi connectivity index (χ2v) is 4.41. The standard InChI is InChI=1S/C16H15NO5/c1-21-12-6-7-13(14(9-12)22-2)15(18)17-11-5-3-4-10(8-11)16(19)20/h3-9H,1-2H3,(H,17,18)(H,19,20). The summed E-state index contributed by atoms with van der Waals surface area (Å²) in [7, 11) is 2.97. The number of carboxylic acid groups (broad SMARTS) is 1. The Morgan fingerprint density at radius 3 is 2.45 bits per heavy atom. The SMILES string of the molecule is COc1ccc(C(=O)Nc2cccc(C(=O)O)c2)c(OC)c1. The van der Waals surface area contributed by atoms with Crippen molar-refractivity contribution >= 4 is 17.6 Å². The largest absolute Gasteiger partial charge is 0.497 e. The molecule has 6 heteroatoms. The van der Waals surface area contributed by atoms with Crippen LogP contribution in [0.15, 0.2) is 42.5 Å². The van der Waals surface area contributed by atoms with Crippen LogP contribution in [0, 0.1) is 0 Å². The first-order chi connectivity index (χ1) is 10.5. The summed E-state index contributed by atoms with van der Waals surface area (Å²) in [4.78, 5) is 23.2. The highest BCUT2D eigenvalue weighted by Gasteiger charge is 2.14. The average molecular weight is 301 g/mol. The highest BCUT2D eigenvalue weighted by Crippen LogP contribution is 2.25. The van der Waals surface area contributed by atoms with Crippen LogP contribution in [0.3, 0.4) is 0 Å². The van der Waals surface area contributed by atoms with Crippen LogP contribution in [0.1, 0.15) is 20.7 Å². The summed E-state index contributed by atoms with van der Waals surface area (Å²) in [5.74, 6) is -0.521. The first kappa shape index (κ1) is 15.4. The van der Waals surface area contributed by atoms with Crippen LogP contribution >= 0.6 is 0 Å². The summed E-state index contributed by atoms with van der Waals surface area (Å²) in [6.45, 7) is 0. The van der Waals surface area contributed by atoms with E-state index in [1.807, 2.05) is 0 Å². The summed E-state index contributed by atoms with van der Waals surface area (Å²) >= 11 is 0. The van der Waals surface area contributed by atoms with Crippen molar-refractivity contribution < 1.29 is 24.2 Å². The number of amides is 1. The predicted octanol–water partition coefficient (Wildman–Crippen LogP) is 2.65. The fraction of sp³-hybridized carbons (Fsp3) is 0.125. The minimum atomic E-state index is -1.06. The topological polar surface area (TPSA) is 84.9 Å². The Hall–Kier alpha value is -3.02. The molecule has 2 aromatic carbocycles. The van der Waals surface area contributed by atoms with Crippen LogP contribution in [-0.2, 0) is 0 Å². The van der Waals surface area contributed by atoms with Crippen molar-refractivity contribution in [2.45, 2.75) is 0 Å². The lowest BCUT2D eigenvalue weighted by molar-refractivity contribution is 0.0696. The van der Waals surface area contributed by atoms with E-state index in [0.717, 1.165) is 0 Å². The van der Waals surface area contributed by atoms with Crippen molar-refractivity contribution in [1.29, 1.82) is 0 Å². The van der Waals surface area contributed by atoms with E-state index in [9.17, 15) is 9.59 Å². The number of carboxylic acids is 1. The number of carbonyl (C=O) groups is 2. The van der Waals surface area contributed by atoms with E-state index in [4.69, 9.17) is 14.6 Å². The Morgan fingerprint density at radius 1 is 1.05 bits per heavy atom. The molecule has 22 heavy (non-hydrogen) atoms. The Morgan fingerprint density at radius 2 is 1.82 bits per heavy atom. The van der Waals surface area contributed by atoms with Gasteiger partial charge in [-0.25, -0.2) is 4.79 Å². The normalized spacial score (nSPS) is 9.91. The smallest absolute Gasteiger partial charge is 0.335 e. The molecule has 0 aromatic heterocycles. The number of aromatic carboxylic acids is 1. The minimum absolute atomic E-state index is 0.0968. The Bertz CT molecular complexity index is 711. The molecule has 1 amide bonds. The molecule has 2 rings (SSSR count). The maximum Gasteiger partial charge on any atom is 0.335 e. The van der Waals surface area contributed by atoms with Crippen LogP contribution in [0.5, 0.6) is 11.5 Å². The zero-order valence-electron chi connectivity index (χ0n) is 12.1. The monoisotopic (exact) mass is 301 g/mol. The molecule has 0 aliphatic rings. The summed E-state index contributed by atoms with van der Waals surface area (Å²) in [6.07, 6.45) is 0. The molecule has 0 aliphatic heterocycles. The molecule has 0 spiro atoms. The van der Waals surface area contributed by atoms with Crippen molar-refractivity contribution in [3.05, 3.63) is 53.6 Å². The molecule has 0 aliphatic carbocycles. The molecule has 0 bridgehead atoms. The van der Waals surface area contributed by atoms with E-state index in [-0.39, 0.29) is 5.56 Å². The van der Waals surface area contributed by atoms with Crippen LogP contribution in [0.4, 0.5) is 5.69 Å². The van der Waals surface area contributed by atoms with Crippen molar-refractivity contribution in [2.75, 3.05) is 19.5 Å². The van der Waals surface area contributed by atoms with Gasteiger partial charge < -0.3 is 19.9 Å². The molecule has 0 saturated heterocycles. The number of ether oxygens (including phenoxy) is 2. The molecule has 0 saturated carbocycles. The maximum atomic E-state index is 12.3. The molecule has 0 unspecified atom stereocenters. The fourth-order valence-electron chi connectivity index (χ4n) is 1.91. The second-order valence-electron chi connectivity index (χ2n) is 4.41. The third kappa shape index (κ3) is 3.35. The number of carbonyl (C=O) groups excluding carboxylic acids is 1. The number of hydrogen-bond acceptors (Lipinski definition) is 4. The highest BCUT2D eigenvalue weighted by atomic mass is 16.5. The van der Waals surface area contributed by atoms with Crippen molar-refractivity contribution in [1.82, 2.24) is 0 Å². The Kier molecular flexibility index (Phi) is 4.63. The fourth-order valence-corrected chi connectivity index (χ4v) is 1.91. The van der Waals surface area contributed by atoms with Gasteiger partial charge in [-0.1, -0.05) is 6.07 Å². The molecule has 6 nitrogen and oxygen atoms in total. The average Bonchev–Trinajstić information content (AvgIpc) is 2.54. The van der Waals surface area contributed by atoms with E-state index in [0.29, 0.717) is 22.7 Å². The number of benzene rings is 2. The van der Waals surface area contributed by atoms with Gasteiger partial charge in [-0.2, -0.15) is 0 Å². The molecule has 0 heterocycles. The molecular weight excluding hydrogens is 286 g/mol. The lowest BCUT2D eigenvalue weighted by Crippen LogP contribution is -2.13. The molecule has 0 fully saturated rings. The van der Waals surface area contributed by atoms with Crippen LogP contribution in [-0.4, -0.2) is 31.2 Å². The quantitative estimate of drug-likeness (QED) is 0.887. The third-order valence-electron chi connectivity index (χ3n) is 3.02. The number of hydrogen-bond donors (Lipinski definition) is 2. The van der Waals surface area contributed by atoms with Gasteiger partial charge in [0.05, 0.1) is 25.3 Å². The summed E-state index contributed by atoms with van der Waals surface area (Å²) in [6, 6.07) is 10.8. The van der Waals surface area contributed by atoms with Crippen molar-refractivity contribution in [3.8, 4) is 11.5 Å². The van der Waals surface area contributed by atoms with Gasteiger partial charge in [0.2, 0.25) is 0 Å². The van der Waals surface area contributed by atoms with Crippen molar-refractivity contribution in [3.63, 3.8) is 0 Å². The number of anilines is 1. The molecular formula is C16H15NO5. The van der Waals surface area contributed by atoms with Crippen LogP contribution < -0.4 is 14.8 Å². The minimum Gasteiger partial charge on any atom is -0.497 e. The van der Waals surface area contributed by atoms with E-state index in [2.05, 4.69) is 5.32 Å². The van der Waals surface area contributed by atoms with E-state index in [1.54, 1.807) is 30.3 Å². The Balaban J connectivity index is 2.25. The van der Waals surface area contributed by atoms with Crippen LogP contribution in [0.25, 0.3) is 0 Å². The van der Waals surface area contributed by atoms with Crippen molar-refractivity contribution in [2.24, 2.45) is 0 Å². The van der Waals surface area contributed by atoms with Gasteiger partial charge in [-0.15, -0.1) is 0 Å². The lowest BCUT2D eigenvalue weighted by Gasteiger charge is -2.11. The Labute approximate surface area is 127 Å². The molecule has 0 atom stereocenters. The zero-order chi connectivity index (χ0) is 16.1. The zero-order valence-corrected chi connectivity index (χ0v) is 12.1. The van der Waals surface area contributed by atoms with Gasteiger partial charge in [0.25, 0.3) is 5.91 Å². The van der Waals surface area contributed by atoms with Gasteiger partial charge in [-0.3, -0.25) is 4.79 Å². The second kappa shape index (κ2) is 6.62.